The number of hydrogen-bond donors (Lipinski definition) is 2. The lowest BCUT2D eigenvalue weighted by Gasteiger charge is -2.07. The second-order valence-electron chi connectivity index (χ2n) is 4.63. The molecule has 0 amide bonds. The van der Waals surface area contributed by atoms with Gasteiger partial charge < -0.3 is 10.3 Å². The van der Waals surface area contributed by atoms with Crippen LogP contribution in [0.1, 0.15) is 5.56 Å². The molecule has 0 aliphatic carbocycles. The van der Waals surface area contributed by atoms with E-state index in [2.05, 4.69) is 26.2 Å². The van der Waals surface area contributed by atoms with Gasteiger partial charge in [-0.1, -0.05) is 34.1 Å². The molecule has 106 valence electrons. The van der Waals surface area contributed by atoms with Crippen LogP contribution in [0.5, 0.6) is 0 Å². The largest absolute Gasteiger partial charge is 0.375 e. The summed E-state index contributed by atoms with van der Waals surface area (Å²) in [6, 6.07) is 13.0. The lowest BCUT2D eigenvalue weighted by atomic mass is 10.1. The minimum Gasteiger partial charge on any atom is -0.375 e. The maximum absolute atomic E-state index is 11.1. The van der Waals surface area contributed by atoms with Crippen molar-refractivity contribution in [3.05, 3.63) is 68.8 Å². The molecule has 1 aromatic heterocycles. The van der Waals surface area contributed by atoms with Gasteiger partial charge in [-0.3, -0.25) is 10.1 Å². The first kappa shape index (κ1) is 13.6. The third-order valence-electron chi connectivity index (χ3n) is 3.30. The molecule has 3 rings (SSSR count). The van der Waals surface area contributed by atoms with Gasteiger partial charge in [-0.25, -0.2) is 0 Å². The topological polar surface area (TPSA) is 71.0 Å². The van der Waals surface area contributed by atoms with E-state index in [0.29, 0.717) is 16.7 Å². The van der Waals surface area contributed by atoms with Gasteiger partial charge in [0.1, 0.15) is 5.69 Å². The lowest BCUT2D eigenvalue weighted by molar-refractivity contribution is -0.384. The second-order valence-corrected chi connectivity index (χ2v) is 5.55. The monoisotopic (exact) mass is 345 g/mol. The summed E-state index contributed by atoms with van der Waals surface area (Å²) in [6.07, 6.45) is 1.92. The number of halogens is 1. The molecule has 0 unspecified atom stereocenters. The Morgan fingerprint density at radius 1 is 1.24 bits per heavy atom. The molecular formula is C15H12BrN3O2. The highest BCUT2D eigenvalue weighted by Gasteiger charge is 2.14. The Labute approximate surface area is 129 Å². The Kier molecular flexibility index (Phi) is 3.62. The van der Waals surface area contributed by atoms with Gasteiger partial charge in [-0.05, 0) is 23.8 Å². The van der Waals surface area contributed by atoms with Crippen LogP contribution in [0, 0.1) is 10.1 Å². The van der Waals surface area contributed by atoms with Gasteiger partial charge in [-0.15, -0.1) is 0 Å². The fraction of sp³-hybridized carbons (Fsp3) is 0.0667. The predicted molar refractivity (Wildman–Crippen MR) is 86.4 cm³/mol. The second kappa shape index (κ2) is 5.57. The molecule has 1 heterocycles. The molecule has 0 aliphatic rings. The fourth-order valence-electron chi connectivity index (χ4n) is 2.27. The molecule has 2 N–H and O–H groups in total. The Balaban J connectivity index is 1.87. The zero-order chi connectivity index (χ0) is 14.8. The summed E-state index contributed by atoms with van der Waals surface area (Å²) in [6.45, 7) is 0.520. The number of nitrogens with zero attached hydrogens (tertiary/aromatic N) is 1. The third-order valence-corrected chi connectivity index (χ3v) is 3.79. The summed E-state index contributed by atoms with van der Waals surface area (Å²) in [7, 11) is 0. The van der Waals surface area contributed by atoms with Crippen molar-refractivity contribution in [2.75, 3.05) is 5.32 Å². The molecule has 6 heteroatoms. The first-order chi connectivity index (χ1) is 10.1. The predicted octanol–water partition coefficient (Wildman–Crippen LogP) is 4.45. The Morgan fingerprint density at radius 2 is 2.05 bits per heavy atom. The maximum Gasteiger partial charge on any atom is 0.293 e. The van der Waals surface area contributed by atoms with E-state index in [9.17, 15) is 10.1 Å². The van der Waals surface area contributed by atoms with Crippen molar-refractivity contribution in [1.82, 2.24) is 4.98 Å². The highest BCUT2D eigenvalue weighted by atomic mass is 79.9. The summed E-state index contributed by atoms with van der Waals surface area (Å²) in [4.78, 5) is 13.9. The maximum atomic E-state index is 11.1. The van der Waals surface area contributed by atoms with E-state index in [1.54, 1.807) is 12.1 Å². The molecule has 21 heavy (non-hydrogen) atoms. The molecular weight excluding hydrogens is 334 g/mol. The summed E-state index contributed by atoms with van der Waals surface area (Å²) in [5, 5.41) is 15.3. The number of benzene rings is 2. The van der Waals surface area contributed by atoms with E-state index in [1.165, 1.54) is 6.07 Å². The van der Waals surface area contributed by atoms with Gasteiger partial charge >= 0.3 is 0 Å². The average molecular weight is 346 g/mol. The van der Waals surface area contributed by atoms with Crippen LogP contribution in [0.15, 0.2) is 53.1 Å². The first-order valence-corrected chi connectivity index (χ1v) is 7.17. The fourth-order valence-corrected chi connectivity index (χ4v) is 2.62. The van der Waals surface area contributed by atoms with Crippen LogP contribution in [0.25, 0.3) is 10.9 Å². The standard InChI is InChI=1S/C15H12BrN3O2/c16-11-5-6-14(15(7-11)19(20)21)18-9-10-8-17-13-4-2-1-3-12(10)13/h1-8,17-18H,9H2. The molecule has 5 nitrogen and oxygen atoms in total. The van der Waals surface area contributed by atoms with Crippen molar-refractivity contribution in [3.63, 3.8) is 0 Å². The number of nitro groups is 1. The number of nitro benzene ring substituents is 1. The SMILES string of the molecule is O=[N+]([O-])c1cc(Br)ccc1NCc1c[nH]c2ccccc12. The van der Waals surface area contributed by atoms with Gasteiger partial charge in [0.05, 0.1) is 4.92 Å². The molecule has 2 aromatic carbocycles. The van der Waals surface area contributed by atoms with Crippen LogP contribution in [0.4, 0.5) is 11.4 Å². The van der Waals surface area contributed by atoms with E-state index in [0.717, 1.165) is 16.5 Å². The van der Waals surface area contributed by atoms with Crippen molar-refractivity contribution in [2.24, 2.45) is 0 Å². The van der Waals surface area contributed by atoms with Crippen LogP contribution in [0.3, 0.4) is 0 Å². The van der Waals surface area contributed by atoms with Gasteiger partial charge in [-0.2, -0.15) is 0 Å². The van der Waals surface area contributed by atoms with E-state index in [1.807, 2.05) is 30.5 Å². The van der Waals surface area contributed by atoms with Gasteiger partial charge in [0.25, 0.3) is 5.69 Å². The molecule has 0 radical (unpaired) electrons. The lowest BCUT2D eigenvalue weighted by Crippen LogP contribution is -2.02. The first-order valence-electron chi connectivity index (χ1n) is 6.38. The number of rotatable bonds is 4. The van der Waals surface area contributed by atoms with Crippen molar-refractivity contribution < 1.29 is 4.92 Å². The minimum atomic E-state index is -0.387. The molecule has 0 fully saturated rings. The molecule has 0 aliphatic heterocycles. The zero-order valence-corrected chi connectivity index (χ0v) is 12.6. The van der Waals surface area contributed by atoms with Crippen LogP contribution in [-0.2, 0) is 6.54 Å². The van der Waals surface area contributed by atoms with E-state index < -0.39 is 0 Å². The van der Waals surface area contributed by atoms with E-state index in [-0.39, 0.29) is 10.6 Å². The Morgan fingerprint density at radius 3 is 2.86 bits per heavy atom. The minimum absolute atomic E-state index is 0.0595. The third kappa shape index (κ3) is 2.75. The van der Waals surface area contributed by atoms with Crippen LogP contribution in [0.2, 0.25) is 0 Å². The smallest absolute Gasteiger partial charge is 0.293 e. The number of H-pyrrole nitrogens is 1. The highest BCUT2D eigenvalue weighted by Crippen LogP contribution is 2.29. The summed E-state index contributed by atoms with van der Waals surface area (Å²) in [5.41, 5.74) is 2.69. The average Bonchev–Trinajstić information content (AvgIpc) is 2.89. The summed E-state index contributed by atoms with van der Waals surface area (Å²) >= 11 is 3.25. The van der Waals surface area contributed by atoms with Gasteiger partial charge in [0, 0.05) is 34.2 Å². The number of anilines is 1. The molecule has 0 saturated carbocycles. The van der Waals surface area contributed by atoms with Crippen molar-refractivity contribution in [1.29, 1.82) is 0 Å². The molecule has 0 bridgehead atoms. The number of nitrogens with one attached hydrogen (secondary N) is 2. The highest BCUT2D eigenvalue weighted by molar-refractivity contribution is 9.10. The Hall–Kier alpha value is -2.34. The Bertz CT molecular complexity index is 814. The summed E-state index contributed by atoms with van der Waals surface area (Å²) < 4.78 is 0.687. The van der Waals surface area contributed by atoms with Crippen molar-refractivity contribution in [3.8, 4) is 0 Å². The van der Waals surface area contributed by atoms with E-state index in [4.69, 9.17) is 0 Å². The van der Waals surface area contributed by atoms with Crippen LogP contribution >= 0.6 is 15.9 Å². The number of aromatic nitrogens is 1. The number of aromatic amines is 1. The van der Waals surface area contributed by atoms with E-state index >= 15 is 0 Å². The van der Waals surface area contributed by atoms with Gasteiger partial charge in [0.2, 0.25) is 0 Å². The normalized spacial score (nSPS) is 10.7. The van der Waals surface area contributed by atoms with Crippen molar-refractivity contribution >= 4 is 38.2 Å². The number of fused-ring (bicyclic) bond motifs is 1. The summed E-state index contributed by atoms with van der Waals surface area (Å²) in [5.74, 6) is 0. The molecule has 0 spiro atoms. The number of hydrogen-bond acceptors (Lipinski definition) is 3. The van der Waals surface area contributed by atoms with Crippen molar-refractivity contribution in [2.45, 2.75) is 6.54 Å². The van der Waals surface area contributed by atoms with Crippen LogP contribution < -0.4 is 5.32 Å². The quantitative estimate of drug-likeness (QED) is 0.542. The zero-order valence-electron chi connectivity index (χ0n) is 11.0. The molecule has 0 saturated heterocycles. The van der Waals surface area contributed by atoms with Gasteiger partial charge in [0.15, 0.2) is 0 Å². The number of para-hydroxylation sites is 1. The molecule has 3 aromatic rings. The molecule has 0 atom stereocenters. The van der Waals surface area contributed by atoms with Crippen LogP contribution in [-0.4, -0.2) is 9.91 Å².